The number of carbonyl (C=O) groups excluding carboxylic acids is 1. The maximum atomic E-state index is 12.2. The molecule has 1 unspecified atom stereocenters. The van der Waals surface area contributed by atoms with Crippen LogP contribution in [0, 0.1) is 0 Å². The number of carbonyl (C=O) groups is 1. The third-order valence-electron chi connectivity index (χ3n) is 3.28. The fourth-order valence-corrected chi connectivity index (χ4v) is 2.21. The molecule has 4 nitrogen and oxygen atoms in total. The van der Waals surface area contributed by atoms with Gasteiger partial charge in [-0.25, -0.2) is 0 Å². The average Bonchev–Trinajstić information content (AvgIpc) is 2.57. The minimum Gasteiger partial charge on any atom is -0.492 e. The molecule has 0 amide bonds. The molecule has 0 spiro atoms. The van der Waals surface area contributed by atoms with E-state index in [1.54, 1.807) is 0 Å². The first kappa shape index (κ1) is 14.9. The van der Waals surface area contributed by atoms with Gasteiger partial charge in [-0.3, -0.25) is 9.69 Å². The highest BCUT2D eigenvalue weighted by Crippen LogP contribution is 2.24. The van der Waals surface area contributed by atoms with Crippen molar-refractivity contribution in [2.24, 2.45) is 0 Å². The quantitative estimate of drug-likeness (QED) is 0.779. The molecule has 1 aromatic carbocycles. The lowest BCUT2D eigenvalue weighted by molar-refractivity contribution is -0.161. The van der Waals surface area contributed by atoms with Gasteiger partial charge in [0.25, 0.3) is 0 Å². The maximum Gasteiger partial charge on any atom is 0.323 e. The fraction of sp³-hybridized carbons (Fsp3) is 0.562. The Morgan fingerprint density at radius 3 is 2.75 bits per heavy atom. The lowest BCUT2D eigenvalue weighted by Gasteiger charge is -2.29. The van der Waals surface area contributed by atoms with Gasteiger partial charge >= 0.3 is 5.97 Å². The van der Waals surface area contributed by atoms with Crippen LogP contribution in [0.3, 0.4) is 0 Å². The molecule has 0 radical (unpaired) electrons. The summed E-state index contributed by atoms with van der Waals surface area (Å²) >= 11 is 0. The van der Waals surface area contributed by atoms with Crippen LogP contribution >= 0.6 is 0 Å². The van der Waals surface area contributed by atoms with Crippen LogP contribution in [0.1, 0.15) is 33.3 Å². The van der Waals surface area contributed by atoms with Gasteiger partial charge in [-0.1, -0.05) is 18.2 Å². The molecular weight excluding hydrogens is 254 g/mol. The zero-order valence-electron chi connectivity index (χ0n) is 12.7. The van der Waals surface area contributed by atoms with Gasteiger partial charge < -0.3 is 9.47 Å². The van der Waals surface area contributed by atoms with Crippen LogP contribution in [0.5, 0.6) is 5.75 Å². The summed E-state index contributed by atoms with van der Waals surface area (Å²) in [5, 5.41) is 0. The Morgan fingerprint density at radius 2 is 2.05 bits per heavy atom. The van der Waals surface area contributed by atoms with Crippen LogP contribution in [-0.2, 0) is 16.1 Å². The summed E-state index contributed by atoms with van der Waals surface area (Å²) in [7, 11) is 0. The van der Waals surface area contributed by atoms with Crippen molar-refractivity contribution in [2.45, 2.75) is 45.9 Å². The Balaban J connectivity index is 2.08. The summed E-state index contributed by atoms with van der Waals surface area (Å²) in [4.78, 5) is 14.3. The van der Waals surface area contributed by atoms with Crippen molar-refractivity contribution in [2.75, 3.05) is 13.2 Å². The van der Waals surface area contributed by atoms with Gasteiger partial charge in [-0.05, 0) is 33.8 Å². The topological polar surface area (TPSA) is 38.8 Å². The smallest absolute Gasteiger partial charge is 0.323 e. The Labute approximate surface area is 120 Å². The molecule has 0 aliphatic carbocycles. The van der Waals surface area contributed by atoms with E-state index in [0.717, 1.165) is 17.9 Å². The summed E-state index contributed by atoms with van der Waals surface area (Å²) in [6, 6.07) is 7.69. The van der Waals surface area contributed by atoms with Crippen LogP contribution in [0.15, 0.2) is 24.3 Å². The molecule has 0 N–H and O–H groups in total. The van der Waals surface area contributed by atoms with E-state index in [1.807, 2.05) is 52.0 Å². The highest BCUT2D eigenvalue weighted by molar-refractivity contribution is 5.75. The van der Waals surface area contributed by atoms with Crippen molar-refractivity contribution in [1.29, 1.82) is 0 Å². The van der Waals surface area contributed by atoms with E-state index in [-0.39, 0.29) is 12.0 Å². The van der Waals surface area contributed by atoms with E-state index in [0.29, 0.717) is 13.2 Å². The van der Waals surface area contributed by atoms with E-state index < -0.39 is 5.60 Å². The van der Waals surface area contributed by atoms with Gasteiger partial charge in [-0.2, -0.15) is 0 Å². The molecule has 110 valence electrons. The number of benzene rings is 1. The molecule has 0 fully saturated rings. The number of fused-ring (bicyclic) bond motifs is 1. The standard InChI is InChI=1S/C16H23NO3/c1-12(15(18)20-16(2,3)4)17-9-10-19-14-8-6-5-7-13(14)11-17/h5-8,12H,9-11H2,1-4H3. The van der Waals surface area contributed by atoms with Crippen molar-refractivity contribution in [3.05, 3.63) is 29.8 Å². The molecule has 20 heavy (non-hydrogen) atoms. The van der Waals surface area contributed by atoms with Crippen molar-refractivity contribution in [3.63, 3.8) is 0 Å². The summed E-state index contributed by atoms with van der Waals surface area (Å²) in [6.45, 7) is 9.56. The van der Waals surface area contributed by atoms with Gasteiger partial charge in [0, 0.05) is 18.7 Å². The molecular formula is C16H23NO3. The van der Waals surface area contributed by atoms with Crippen LogP contribution < -0.4 is 4.74 Å². The SMILES string of the molecule is CC(C(=O)OC(C)(C)C)N1CCOc2ccccc2C1. The predicted octanol–water partition coefficient (Wildman–Crippen LogP) is 2.61. The normalized spacial score (nSPS) is 17.6. The largest absolute Gasteiger partial charge is 0.492 e. The molecule has 1 heterocycles. The number of ether oxygens (including phenoxy) is 2. The molecule has 1 aliphatic rings. The molecule has 4 heteroatoms. The molecule has 1 aliphatic heterocycles. The van der Waals surface area contributed by atoms with Gasteiger partial charge in [0.05, 0.1) is 0 Å². The number of hydrogen-bond acceptors (Lipinski definition) is 4. The summed E-state index contributed by atoms with van der Waals surface area (Å²) in [5.74, 6) is 0.725. The van der Waals surface area contributed by atoms with Gasteiger partial charge in [0.15, 0.2) is 0 Å². The summed E-state index contributed by atoms with van der Waals surface area (Å²) < 4.78 is 11.2. The lowest BCUT2D eigenvalue weighted by atomic mass is 10.1. The van der Waals surface area contributed by atoms with Gasteiger partial charge in [0.2, 0.25) is 0 Å². The molecule has 0 aromatic heterocycles. The zero-order valence-corrected chi connectivity index (χ0v) is 12.7. The average molecular weight is 277 g/mol. The van der Waals surface area contributed by atoms with E-state index in [2.05, 4.69) is 4.90 Å². The second-order valence-electron chi connectivity index (χ2n) is 6.14. The van der Waals surface area contributed by atoms with Crippen LogP contribution in [-0.4, -0.2) is 35.7 Å². The lowest BCUT2D eigenvalue weighted by Crippen LogP contribution is -2.43. The number of nitrogens with zero attached hydrogens (tertiary/aromatic N) is 1. The molecule has 0 bridgehead atoms. The highest BCUT2D eigenvalue weighted by Gasteiger charge is 2.28. The zero-order chi connectivity index (χ0) is 14.8. The molecule has 1 aromatic rings. The number of rotatable bonds is 2. The first-order valence-electron chi connectivity index (χ1n) is 7.04. The second kappa shape index (κ2) is 5.83. The van der Waals surface area contributed by atoms with E-state index in [4.69, 9.17) is 9.47 Å². The van der Waals surface area contributed by atoms with E-state index in [1.165, 1.54) is 0 Å². The summed E-state index contributed by atoms with van der Waals surface area (Å²) in [6.07, 6.45) is 0. The predicted molar refractivity (Wildman–Crippen MR) is 77.7 cm³/mol. The third-order valence-corrected chi connectivity index (χ3v) is 3.28. The molecule has 2 rings (SSSR count). The number of hydrogen-bond donors (Lipinski definition) is 0. The third kappa shape index (κ3) is 3.73. The van der Waals surface area contributed by atoms with Crippen molar-refractivity contribution in [3.8, 4) is 5.75 Å². The van der Waals surface area contributed by atoms with Crippen molar-refractivity contribution < 1.29 is 14.3 Å². The maximum absolute atomic E-state index is 12.2. The Bertz CT molecular complexity index is 479. The van der Waals surface area contributed by atoms with Gasteiger partial charge in [-0.15, -0.1) is 0 Å². The van der Waals surface area contributed by atoms with Crippen LogP contribution in [0.4, 0.5) is 0 Å². The molecule has 1 atom stereocenters. The van der Waals surface area contributed by atoms with E-state index >= 15 is 0 Å². The first-order valence-corrected chi connectivity index (χ1v) is 7.04. The Kier molecular flexibility index (Phi) is 4.33. The van der Waals surface area contributed by atoms with Crippen LogP contribution in [0.2, 0.25) is 0 Å². The highest BCUT2D eigenvalue weighted by atomic mass is 16.6. The van der Waals surface area contributed by atoms with E-state index in [9.17, 15) is 4.79 Å². The van der Waals surface area contributed by atoms with Crippen LogP contribution in [0.25, 0.3) is 0 Å². The van der Waals surface area contributed by atoms with Gasteiger partial charge in [0.1, 0.15) is 24.0 Å². The second-order valence-corrected chi connectivity index (χ2v) is 6.14. The number of para-hydroxylation sites is 1. The minimum absolute atomic E-state index is 0.183. The molecule has 0 saturated carbocycles. The summed E-state index contributed by atoms with van der Waals surface area (Å²) in [5.41, 5.74) is 0.659. The van der Waals surface area contributed by atoms with Crippen molar-refractivity contribution >= 4 is 5.97 Å². The monoisotopic (exact) mass is 277 g/mol. The first-order chi connectivity index (χ1) is 9.37. The Hall–Kier alpha value is -1.55. The minimum atomic E-state index is -0.453. The molecule has 0 saturated heterocycles. The fourth-order valence-electron chi connectivity index (χ4n) is 2.21. The number of esters is 1. The van der Waals surface area contributed by atoms with Crippen molar-refractivity contribution in [1.82, 2.24) is 4.90 Å². The Morgan fingerprint density at radius 1 is 1.35 bits per heavy atom.